The average molecular weight is 184 g/mol. The number of hydrogen-bond acceptors (Lipinski definition) is 2. The summed E-state index contributed by atoms with van der Waals surface area (Å²) < 4.78 is 0. The molecule has 13 heavy (non-hydrogen) atoms. The van der Waals surface area contributed by atoms with Gasteiger partial charge in [-0.15, -0.1) is 0 Å². The van der Waals surface area contributed by atoms with E-state index >= 15 is 0 Å². The van der Waals surface area contributed by atoms with Crippen molar-refractivity contribution in [3.63, 3.8) is 0 Å². The van der Waals surface area contributed by atoms with Gasteiger partial charge in [0, 0.05) is 19.1 Å². The van der Waals surface area contributed by atoms with Gasteiger partial charge in [-0.1, -0.05) is 0 Å². The normalized spacial score (nSPS) is 19.9. The van der Waals surface area contributed by atoms with Gasteiger partial charge in [-0.05, 0) is 26.7 Å². The predicted molar refractivity (Wildman–Crippen MR) is 51.3 cm³/mol. The Morgan fingerprint density at radius 1 is 1.46 bits per heavy atom. The van der Waals surface area contributed by atoms with Crippen LogP contribution >= 0.6 is 0 Å². The molecule has 1 aliphatic rings. The number of carbonyl (C=O) groups is 1. The summed E-state index contributed by atoms with van der Waals surface area (Å²) in [5.41, 5.74) is 4.89. The van der Waals surface area contributed by atoms with Crippen LogP contribution in [-0.2, 0) is 4.79 Å². The van der Waals surface area contributed by atoms with E-state index in [0.29, 0.717) is 0 Å². The Morgan fingerprint density at radius 3 is 2.46 bits per heavy atom. The van der Waals surface area contributed by atoms with Crippen molar-refractivity contribution in [2.75, 3.05) is 13.1 Å². The Morgan fingerprint density at radius 2 is 2.00 bits per heavy atom. The molecule has 0 aliphatic carbocycles. The quantitative estimate of drug-likeness (QED) is 0.613. The fourth-order valence-corrected chi connectivity index (χ4v) is 1.27. The maximum atomic E-state index is 11.5. The molecule has 75 valence electrons. The van der Waals surface area contributed by atoms with Crippen LogP contribution in [0.1, 0.15) is 26.7 Å². The molecule has 0 aromatic carbocycles. The van der Waals surface area contributed by atoms with Crippen molar-refractivity contribution in [3.8, 4) is 0 Å². The Labute approximate surface area is 79.3 Å². The molecule has 0 saturated carbocycles. The van der Waals surface area contributed by atoms with Crippen LogP contribution < -0.4 is 16.4 Å². The van der Waals surface area contributed by atoms with Gasteiger partial charge in [-0.2, -0.15) is 0 Å². The number of nitrogens with zero attached hydrogens (tertiary/aromatic N) is 1. The first-order valence-corrected chi connectivity index (χ1v) is 4.73. The first-order valence-electron chi connectivity index (χ1n) is 4.73. The lowest BCUT2D eigenvalue weighted by Crippen LogP contribution is -2.53. The monoisotopic (exact) mass is 184 g/mol. The van der Waals surface area contributed by atoms with Crippen LogP contribution in [0.3, 0.4) is 0 Å². The summed E-state index contributed by atoms with van der Waals surface area (Å²) in [5, 5.41) is 7.15. The molecule has 1 fully saturated rings. The van der Waals surface area contributed by atoms with Gasteiger partial charge in [0.1, 0.15) is 0 Å². The topological polar surface area (TPSA) is 69.2 Å². The summed E-state index contributed by atoms with van der Waals surface area (Å²) in [5.74, 6) is -0.0700. The molecular formula is C9H18N3O. The summed E-state index contributed by atoms with van der Waals surface area (Å²) >= 11 is 0. The molecular weight excluding hydrogens is 166 g/mol. The zero-order valence-corrected chi connectivity index (χ0v) is 8.34. The molecule has 1 heterocycles. The van der Waals surface area contributed by atoms with Crippen LogP contribution in [0, 0.1) is 0 Å². The minimum Gasteiger partial charge on any atom is -0.352 e. The minimum absolute atomic E-state index is 0.0700. The van der Waals surface area contributed by atoms with Crippen LogP contribution in [0.25, 0.3) is 0 Å². The van der Waals surface area contributed by atoms with E-state index in [1.165, 1.54) is 0 Å². The molecule has 0 atom stereocenters. The van der Waals surface area contributed by atoms with Crippen molar-refractivity contribution in [1.82, 2.24) is 10.6 Å². The molecule has 1 rings (SSSR count). The molecule has 3 N–H and O–H groups in total. The standard InChI is InChI=1S/C9H18N3O/c1-9(2,10)8(13)12-7-3-5-11-6-4-7/h7H,3-6,10H2,1-2H3,(H,12,13). The van der Waals surface area contributed by atoms with E-state index < -0.39 is 5.54 Å². The number of nitrogens with one attached hydrogen (secondary N) is 1. The maximum Gasteiger partial charge on any atom is 0.239 e. The lowest BCUT2D eigenvalue weighted by Gasteiger charge is -2.26. The summed E-state index contributed by atoms with van der Waals surface area (Å²) in [6.45, 7) is 5.15. The van der Waals surface area contributed by atoms with E-state index in [1.54, 1.807) is 13.8 Å². The number of rotatable bonds is 2. The molecule has 1 aliphatic heterocycles. The number of carbonyl (C=O) groups excluding carboxylic acids is 1. The van der Waals surface area contributed by atoms with Crippen molar-refractivity contribution in [1.29, 1.82) is 0 Å². The molecule has 1 radical (unpaired) electrons. The molecule has 1 saturated heterocycles. The van der Waals surface area contributed by atoms with E-state index in [9.17, 15) is 4.79 Å². The molecule has 1 amide bonds. The van der Waals surface area contributed by atoms with Crippen LogP contribution in [0.2, 0.25) is 0 Å². The van der Waals surface area contributed by atoms with Crippen molar-refractivity contribution < 1.29 is 4.79 Å². The van der Waals surface area contributed by atoms with E-state index in [4.69, 9.17) is 5.73 Å². The van der Waals surface area contributed by atoms with Crippen LogP contribution in [0.4, 0.5) is 0 Å². The lowest BCUT2D eigenvalue weighted by molar-refractivity contribution is -0.126. The third-order valence-electron chi connectivity index (χ3n) is 2.19. The summed E-state index contributed by atoms with van der Waals surface area (Å²) in [7, 11) is 0. The number of nitrogens with two attached hydrogens (primary N) is 1. The third kappa shape index (κ3) is 3.32. The Hall–Kier alpha value is -0.610. The first-order chi connectivity index (χ1) is 6.00. The summed E-state index contributed by atoms with van der Waals surface area (Å²) in [4.78, 5) is 11.5. The molecule has 0 unspecified atom stereocenters. The second kappa shape index (κ2) is 4.07. The smallest absolute Gasteiger partial charge is 0.239 e. The van der Waals surface area contributed by atoms with Gasteiger partial charge in [0.05, 0.1) is 5.54 Å². The second-order valence-corrected chi connectivity index (χ2v) is 4.14. The summed E-state index contributed by atoms with van der Waals surface area (Å²) in [6.07, 6.45) is 1.89. The highest BCUT2D eigenvalue weighted by atomic mass is 16.2. The van der Waals surface area contributed by atoms with Crippen LogP contribution in [0.5, 0.6) is 0 Å². The number of hydrogen-bond donors (Lipinski definition) is 2. The molecule has 4 nitrogen and oxygen atoms in total. The van der Waals surface area contributed by atoms with Crippen LogP contribution in [-0.4, -0.2) is 30.6 Å². The minimum atomic E-state index is -0.769. The predicted octanol–water partition coefficient (Wildman–Crippen LogP) is -0.393. The van der Waals surface area contributed by atoms with Gasteiger partial charge < -0.3 is 11.1 Å². The first kappa shape index (κ1) is 10.5. The van der Waals surface area contributed by atoms with Crippen molar-refractivity contribution >= 4 is 5.91 Å². The Balaban J connectivity index is 2.35. The number of amides is 1. The second-order valence-electron chi connectivity index (χ2n) is 4.14. The molecule has 0 spiro atoms. The third-order valence-corrected chi connectivity index (χ3v) is 2.19. The maximum absolute atomic E-state index is 11.5. The van der Waals surface area contributed by atoms with Crippen molar-refractivity contribution in [2.24, 2.45) is 5.73 Å². The highest BCUT2D eigenvalue weighted by molar-refractivity contribution is 5.85. The van der Waals surface area contributed by atoms with E-state index in [2.05, 4.69) is 10.6 Å². The summed E-state index contributed by atoms with van der Waals surface area (Å²) in [6, 6.07) is 0.271. The number of piperidine rings is 1. The van der Waals surface area contributed by atoms with Crippen LogP contribution in [0.15, 0.2) is 0 Å². The fraction of sp³-hybridized carbons (Fsp3) is 0.889. The highest BCUT2D eigenvalue weighted by Gasteiger charge is 2.25. The van der Waals surface area contributed by atoms with Gasteiger partial charge in [-0.3, -0.25) is 4.79 Å². The highest BCUT2D eigenvalue weighted by Crippen LogP contribution is 2.05. The van der Waals surface area contributed by atoms with Gasteiger partial charge in [0.15, 0.2) is 0 Å². The van der Waals surface area contributed by atoms with Gasteiger partial charge in [0.2, 0.25) is 5.91 Å². The zero-order chi connectivity index (χ0) is 9.90. The van der Waals surface area contributed by atoms with Gasteiger partial charge in [0.25, 0.3) is 0 Å². The Kier molecular flexibility index (Phi) is 3.27. The SMILES string of the molecule is CC(C)(N)C(=O)NC1CC[N]CC1. The van der Waals surface area contributed by atoms with E-state index in [-0.39, 0.29) is 11.9 Å². The lowest BCUT2D eigenvalue weighted by atomic mass is 10.0. The molecule has 0 bridgehead atoms. The van der Waals surface area contributed by atoms with Gasteiger partial charge in [-0.25, -0.2) is 5.32 Å². The van der Waals surface area contributed by atoms with E-state index in [0.717, 1.165) is 25.9 Å². The molecule has 4 heteroatoms. The fourth-order valence-electron chi connectivity index (χ4n) is 1.27. The van der Waals surface area contributed by atoms with Gasteiger partial charge >= 0.3 is 0 Å². The molecule has 0 aromatic rings. The average Bonchev–Trinajstić information content (AvgIpc) is 2.04. The zero-order valence-electron chi connectivity index (χ0n) is 8.34. The molecule has 0 aromatic heterocycles. The van der Waals surface area contributed by atoms with Crippen molar-refractivity contribution in [2.45, 2.75) is 38.3 Å². The Bertz CT molecular complexity index is 180. The van der Waals surface area contributed by atoms with Crippen molar-refractivity contribution in [3.05, 3.63) is 0 Å². The van der Waals surface area contributed by atoms with E-state index in [1.807, 2.05) is 0 Å². The largest absolute Gasteiger partial charge is 0.352 e.